The fourth-order valence-corrected chi connectivity index (χ4v) is 4.43. The Bertz CT molecular complexity index is 992. The molecule has 1 fully saturated rings. The first kappa shape index (κ1) is 20.5. The second-order valence-electron chi connectivity index (χ2n) is 7.49. The average molecular weight is 423 g/mol. The molecular formula is C23H26N4O2S. The van der Waals surface area contributed by atoms with Gasteiger partial charge in [0, 0.05) is 57.3 Å². The van der Waals surface area contributed by atoms with Crippen LogP contribution in [0, 0.1) is 0 Å². The fraction of sp³-hybridized carbons (Fsp3) is 0.348. The number of rotatable bonds is 7. The molecule has 0 saturated carbocycles. The van der Waals surface area contributed by atoms with E-state index in [-0.39, 0.29) is 11.8 Å². The predicted octanol–water partition coefficient (Wildman–Crippen LogP) is 3.15. The van der Waals surface area contributed by atoms with E-state index in [4.69, 9.17) is 0 Å². The van der Waals surface area contributed by atoms with Gasteiger partial charge in [-0.1, -0.05) is 30.3 Å². The number of benzene rings is 1. The molecule has 7 heteroatoms. The number of amides is 2. The highest BCUT2D eigenvalue weighted by atomic mass is 32.1. The highest BCUT2D eigenvalue weighted by Gasteiger charge is 2.21. The van der Waals surface area contributed by atoms with E-state index in [0.717, 1.165) is 43.6 Å². The van der Waals surface area contributed by atoms with Crippen LogP contribution in [0.2, 0.25) is 0 Å². The largest absolute Gasteiger partial charge is 0.351 e. The molecule has 30 heavy (non-hydrogen) atoms. The summed E-state index contributed by atoms with van der Waals surface area (Å²) in [6.07, 6.45) is 2.97. The minimum Gasteiger partial charge on any atom is -0.351 e. The van der Waals surface area contributed by atoms with Crippen molar-refractivity contribution in [2.24, 2.45) is 0 Å². The lowest BCUT2D eigenvalue weighted by molar-refractivity contribution is -0.133. The van der Waals surface area contributed by atoms with Gasteiger partial charge in [-0.2, -0.15) is 0 Å². The molecule has 1 N–H and O–H groups in total. The van der Waals surface area contributed by atoms with Crippen molar-refractivity contribution in [1.82, 2.24) is 20.1 Å². The molecule has 156 valence electrons. The first-order valence-corrected chi connectivity index (χ1v) is 11.2. The zero-order valence-corrected chi connectivity index (χ0v) is 17.7. The average Bonchev–Trinajstić information content (AvgIpc) is 3.32. The Kier molecular flexibility index (Phi) is 6.71. The van der Waals surface area contributed by atoms with Gasteiger partial charge in [-0.25, -0.2) is 0 Å². The lowest BCUT2D eigenvalue weighted by Gasteiger charge is -2.35. The van der Waals surface area contributed by atoms with Crippen molar-refractivity contribution in [1.29, 1.82) is 0 Å². The minimum absolute atomic E-state index is 0.0611. The van der Waals surface area contributed by atoms with Crippen LogP contribution in [0.1, 0.15) is 28.1 Å². The van der Waals surface area contributed by atoms with Crippen molar-refractivity contribution in [3.8, 4) is 0 Å². The van der Waals surface area contributed by atoms with Gasteiger partial charge in [0.15, 0.2) is 0 Å². The summed E-state index contributed by atoms with van der Waals surface area (Å²) in [5.74, 6) is 0.112. The van der Waals surface area contributed by atoms with Gasteiger partial charge in [0.2, 0.25) is 5.91 Å². The Morgan fingerprint density at radius 1 is 1.03 bits per heavy atom. The monoisotopic (exact) mass is 422 g/mol. The summed E-state index contributed by atoms with van der Waals surface area (Å²) in [5, 5.41) is 5.92. The van der Waals surface area contributed by atoms with E-state index in [1.54, 1.807) is 6.07 Å². The second kappa shape index (κ2) is 9.82. The summed E-state index contributed by atoms with van der Waals surface area (Å²) in [7, 11) is 0. The van der Waals surface area contributed by atoms with Crippen molar-refractivity contribution in [2.45, 2.75) is 19.4 Å². The summed E-state index contributed by atoms with van der Waals surface area (Å²) < 4.78 is 0. The normalized spacial score (nSPS) is 14.7. The third-order valence-electron chi connectivity index (χ3n) is 5.43. The SMILES string of the molecule is O=C(NCCCC(=O)N1CCN(Cc2cccc3cccnc23)CC1)c1cccs1. The summed E-state index contributed by atoms with van der Waals surface area (Å²) in [4.78, 5) is 34.0. The molecule has 0 radical (unpaired) electrons. The Hall–Kier alpha value is -2.77. The van der Waals surface area contributed by atoms with Gasteiger partial charge < -0.3 is 10.2 Å². The molecule has 1 aromatic carbocycles. The number of para-hydroxylation sites is 1. The number of carbonyl (C=O) groups excluding carboxylic acids is 2. The molecule has 2 aromatic heterocycles. The van der Waals surface area contributed by atoms with Gasteiger partial charge in [0.25, 0.3) is 5.91 Å². The topological polar surface area (TPSA) is 65.5 Å². The Labute approximate surface area is 180 Å². The molecule has 1 aliphatic heterocycles. The number of carbonyl (C=O) groups is 2. The van der Waals surface area contributed by atoms with E-state index in [0.29, 0.717) is 24.3 Å². The Morgan fingerprint density at radius 3 is 2.67 bits per heavy atom. The molecule has 0 aliphatic carbocycles. The predicted molar refractivity (Wildman–Crippen MR) is 119 cm³/mol. The fourth-order valence-electron chi connectivity index (χ4n) is 3.79. The molecule has 0 spiro atoms. The Balaban J connectivity index is 1.19. The van der Waals surface area contributed by atoms with Crippen molar-refractivity contribution >= 4 is 34.1 Å². The summed E-state index contributed by atoms with van der Waals surface area (Å²) in [5.41, 5.74) is 2.29. The van der Waals surface area contributed by atoms with E-state index in [9.17, 15) is 9.59 Å². The highest BCUT2D eigenvalue weighted by Crippen LogP contribution is 2.18. The number of hydrogen-bond acceptors (Lipinski definition) is 5. The van der Waals surface area contributed by atoms with Crippen LogP contribution in [0.5, 0.6) is 0 Å². The van der Waals surface area contributed by atoms with Crippen LogP contribution >= 0.6 is 11.3 Å². The van der Waals surface area contributed by atoms with Crippen LogP contribution < -0.4 is 5.32 Å². The Morgan fingerprint density at radius 2 is 1.87 bits per heavy atom. The maximum atomic E-state index is 12.5. The number of hydrogen-bond donors (Lipinski definition) is 1. The van der Waals surface area contributed by atoms with Gasteiger partial charge in [0.05, 0.1) is 10.4 Å². The minimum atomic E-state index is -0.0611. The number of aromatic nitrogens is 1. The van der Waals surface area contributed by atoms with E-state index in [1.807, 2.05) is 28.6 Å². The maximum Gasteiger partial charge on any atom is 0.261 e. The van der Waals surface area contributed by atoms with Crippen molar-refractivity contribution in [3.05, 3.63) is 64.5 Å². The maximum absolute atomic E-state index is 12.5. The van der Waals surface area contributed by atoms with Crippen molar-refractivity contribution in [2.75, 3.05) is 32.7 Å². The quantitative estimate of drug-likeness (QED) is 0.594. The molecule has 4 rings (SSSR count). The first-order valence-electron chi connectivity index (χ1n) is 10.3. The van der Waals surface area contributed by atoms with Gasteiger partial charge >= 0.3 is 0 Å². The van der Waals surface area contributed by atoms with Gasteiger partial charge in [-0.05, 0) is 29.5 Å². The molecule has 0 atom stereocenters. The van der Waals surface area contributed by atoms with Gasteiger partial charge in [-0.3, -0.25) is 19.5 Å². The van der Waals surface area contributed by atoms with E-state index >= 15 is 0 Å². The summed E-state index contributed by atoms with van der Waals surface area (Å²) in [6.45, 7) is 4.60. The van der Waals surface area contributed by atoms with E-state index < -0.39 is 0 Å². The molecule has 2 amide bonds. The van der Waals surface area contributed by atoms with Crippen LogP contribution in [0.25, 0.3) is 10.9 Å². The molecule has 3 aromatic rings. The molecule has 0 unspecified atom stereocenters. The number of thiophene rings is 1. The third kappa shape index (κ3) is 5.04. The van der Waals surface area contributed by atoms with Crippen LogP contribution in [0.4, 0.5) is 0 Å². The number of piperazine rings is 1. The lowest BCUT2D eigenvalue weighted by Crippen LogP contribution is -2.48. The zero-order valence-electron chi connectivity index (χ0n) is 16.9. The van der Waals surface area contributed by atoms with Crippen LogP contribution in [-0.4, -0.2) is 59.3 Å². The highest BCUT2D eigenvalue weighted by molar-refractivity contribution is 7.12. The molecule has 0 bridgehead atoms. The van der Waals surface area contributed by atoms with Crippen molar-refractivity contribution in [3.63, 3.8) is 0 Å². The van der Waals surface area contributed by atoms with E-state index in [1.165, 1.54) is 16.9 Å². The summed E-state index contributed by atoms with van der Waals surface area (Å²) in [6, 6.07) is 14.0. The van der Waals surface area contributed by atoms with Gasteiger partial charge in [0.1, 0.15) is 0 Å². The standard InChI is InChI=1S/C23H26N4O2S/c28-21(9-3-11-25-23(29)20-8-4-16-30-20)27-14-12-26(13-15-27)17-19-6-1-5-18-7-2-10-24-22(18)19/h1-2,4-8,10,16H,3,9,11-15,17H2,(H,25,29). The zero-order chi connectivity index (χ0) is 20.8. The molecular weight excluding hydrogens is 396 g/mol. The summed E-state index contributed by atoms with van der Waals surface area (Å²) >= 11 is 1.42. The number of pyridine rings is 1. The smallest absolute Gasteiger partial charge is 0.261 e. The number of fused-ring (bicyclic) bond motifs is 1. The van der Waals surface area contributed by atoms with Gasteiger partial charge in [-0.15, -0.1) is 11.3 Å². The van der Waals surface area contributed by atoms with Crippen LogP contribution in [0.3, 0.4) is 0 Å². The number of nitrogens with one attached hydrogen (secondary N) is 1. The van der Waals surface area contributed by atoms with Crippen LogP contribution in [-0.2, 0) is 11.3 Å². The number of nitrogens with zero attached hydrogens (tertiary/aromatic N) is 3. The second-order valence-corrected chi connectivity index (χ2v) is 8.43. The van der Waals surface area contributed by atoms with E-state index in [2.05, 4.69) is 39.5 Å². The van der Waals surface area contributed by atoms with Crippen molar-refractivity contribution < 1.29 is 9.59 Å². The molecule has 1 aliphatic rings. The lowest BCUT2D eigenvalue weighted by atomic mass is 10.1. The van der Waals surface area contributed by atoms with Crippen LogP contribution in [0.15, 0.2) is 54.0 Å². The third-order valence-corrected chi connectivity index (χ3v) is 6.30. The molecule has 6 nitrogen and oxygen atoms in total. The molecule has 1 saturated heterocycles. The first-order chi connectivity index (χ1) is 14.7. The molecule has 3 heterocycles.